The van der Waals surface area contributed by atoms with Crippen LogP contribution >= 0.6 is 15.9 Å². The first-order chi connectivity index (χ1) is 9.15. The molecule has 0 spiro atoms. The van der Waals surface area contributed by atoms with Crippen LogP contribution in [0.1, 0.15) is 5.56 Å². The number of hydrogen-bond acceptors (Lipinski definition) is 5. The lowest BCUT2D eigenvalue weighted by Gasteiger charge is -2.08. The number of rotatable bonds is 3. The van der Waals surface area contributed by atoms with Gasteiger partial charge in [-0.25, -0.2) is 9.37 Å². The van der Waals surface area contributed by atoms with Crippen LogP contribution < -0.4 is 10.1 Å². The van der Waals surface area contributed by atoms with Crippen LogP contribution in [-0.4, -0.2) is 17.1 Å². The van der Waals surface area contributed by atoms with Crippen molar-refractivity contribution in [2.24, 2.45) is 0 Å². The van der Waals surface area contributed by atoms with Crippen molar-refractivity contribution in [3.8, 4) is 11.9 Å². The largest absolute Gasteiger partial charge is 0.480 e. The Morgan fingerprint density at radius 3 is 2.95 bits per heavy atom. The van der Waals surface area contributed by atoms with Gasteiger partial charge in [-0.3, -0.25) is 0 Å². The molecule has 5 nitrogen and oxygen atoms in total. The molecule has 0 saturated heterocycles. The van der Waals surface area contributed by atoms with Crippen molar-refractivity contribution in [1.82, 2.24) is 9.97 Å². The number of anilines is 2. The number of benzene rings is 1. The molecular formula is C12H8BrFN4O. The fourth-order valence-corrected chi connectivity index (χ4v) is 1.77. The third kappa shape index (κ3) is 2.80. The zero-order valence-corrected chi connectivity index (χ0v) is 11.4. The molecular weight excluding hydrogens is 315 g/mol. The lowest BCUT2D eigenvalue weighted by Crippen LogP contribution is -2.01. The van der Waals surface area contributed by atoms with Crippen molar-refractivity contribution in [3.05, 3.63) is 40.2 Å². The summed E-state index contributed by atoms with van der Waals surface area (Å²) in [6.07, 6.45) is 1.50. The summed E-state index contributed by atoms with van der Waals surface area (Å²) in [5.74, 6) is -0.0499. The Balaban J connectivity index is 2.37. The second-order valence-electron chi connectivity index (χ2n) is 3.45. The molecule has 1 aromatic carbocycles. The average Bonchev–Trinajstić information content (AvgIpc) is 2.41. The molecule has 2 rings (SSSR count). The first-order valence-corrected chi connectivity index (χ1v) is 5.97. The van der Waals surface area contributed by atoms with Gasteiger partial charge >= 0.3 is 0 Å². The molecule has 0 fully saturated rings. The SMILES string of the molecule is COc1nc(Nc2cccc(F)c2C#N)ncc1Br. The summed E-state index contributed by atoms with van der Waals surface area (Å²) in [6.45, 7) is 0. The molecule has 19 heavy (non-hydrogen) atoms. The molecule has 0 atom stereocenters. The first-order valence-electron chi connectivity index (χ1n) is 5.18. The van der Waals surface area contributed by atoms with E-state index in [1.54, 1.807) is 12.1 Å². The van der Waals surface area contributed by atoms with Gasteiger partial charge in [-0.05, 0) is 28.1 Å². The molecule has 1 aromatic heterocycles. The van der Waals surface area contributed by atoms with Gasteiger partial charge in [0.15, 0.2) is 0 Å². The van der Waals surface area contributed by atoms with E-state index in [1.165, 1.54) is 25.4 Å². The van der Waals surface area contributed by atoms with Gasteiger partial charge in [0.1, 0.15) is 17.4 Å². The Bertz CT molecular complexity index is 657. The van der Waals surface area contributed by atoms with Crippen LogP contribution in [0.2, 0.25) is 0 Å². The van der Waals surface area contributed by atoms with Crippen LogP contribution in [0.25, 0.3) is 0 Å². The van der Waals surface area contributed by atoms with E-state index in [4.69, 9.17) is 10.00 Å². The number of nitriles is 1. The fraction of sp³-hybridized carbons (Fsp3) is 0.0833. The third-order valence-electron chi connectivity index (χ3n) is 2.28. The molecule has 1 heterocycles. The maximum absolute atomic E-state index is 13.4. The van der Waals surface area contributed by atoms with Crippen LogP contribution in [-0.2, 0) is 0 Å². The van der Waals surface area contributed by atoms with E-state index in [1.807, 2.05) is 0 Å². The average molecular weight is 323 g/mol. The predicted octanol–water partition coefficient (Wildman–Crippen LogP) is 3.00. The predicted molar refractivity (Wildman–Crippen MR) is 70.7 cm³/mol. The minimum absolute atomic E-state index is 0.0898. The Hall–Kier alpha value is -2.20. The van der Waals surface area contributed by atoms with Gasteiger partial charge in [-0.1, -0.05) is 6.07 Å². The van der Waals surface area contributed by atoms with Crippen molar-refractivity contribution in [2.45, 2.75) is 0 Å². The molecule has 0 saturated carbocycles. The van der Waals surface area contributed by atoms with E-state index in [0.717, 1.165) is 0 Å². The quantitative estimate of drug-likeness (QED) is 0.940. The zero-order chi connectivity index (χ0) is 13.8. The van der Waals surface area contributed by atoms with Gasteiger partial charge in [0.05, 0.1) is 23.5 Å². The highest BCUT2D eigenvalue weighted by Gasteiger charge is 2.10. The minimum Gasteiger partial charge on any atom is -0.480 e. The van der Waals surface area contributed by atoms with Gasteiger partial charge in [-0.2, -0.15) is 10.2 Å². The topological polar surface area (TPSA) is 70.8 Å². The lowest BCUT2D eigenvalue weighted by atomic mass is 10.2. The maximum atomic E-state index is 13.4. The Morgan fingerprint density at radius 2 is 2.26 bits per heavy atom. The third-order valence-corrected chi connectivity index (χ3v) is 2.82. The van der Waals surface area contributed by atoms with E-state index in [0.29, 0.717) is 16.0 Å². The summed E-state index contributed by atoms with van der Waals surface area (Å²) in [5.41, 5.74) is 0.208. The summed E-state index contributed by atoms with van der Waals surface area (Å²) in [4.78, 5) is 8.07. The van der Waals surface area contributed by atoms with Crippen LogP contribution in [0.5, 0.6) is 5.88 Å². The van der Waals surface area contributed by atoms with Gasteiger partial charge in [0.25, 0.3) is 0 Å². The normalized spacial score (nSPS) is 9.79. The van der Waals surface area contributed by atoms with Crippen molar-refractivity contribution >= 4 is 27.6 Å². The number of nitrogens with one attached hydrogen (secondary N) is 1. The second-order valence-corrected chi connectivity index (χ2v) is 4.30. The van der Waals surface area contributed by atoms with Crippen LogP contribution in [0.15, 0.2) is 28.9 Å². The molecule has 0 aliphatic rings. The standard InChI is InChI=1S/C12H8BrFN4O/c1-19-11-8(13)6-16-12(18-11)17-10-4-2-3-9(14)7(10)5-15/h2-4,6H,1H3,(H,16,17,18). The summed E-state index contributed by atoms with van der Waals surface area (Å²) < 4.78 is 19.1. The van der Waals surface area contributed by atoms with Crippen LogP contribution in [0.4, 0.5) is 16.0 Å². The number of hydrogen-bond donors (Lipinski definition) is 1. The van der Waals surface area contributed by atoms with E-state index in [2.05, 4.69) is 31.2 Å². The van der Waals surface area contributed by atoms with Crippen LogP contribution in [0, 0.1) is 17.1 Å². The second kappa shape index (κ2) is 5.63. The number of aromatic nitrogens is 2. The summed E-state index contributed by atoms with van der Waals surface area (Å²) in [7, 11) is 1.47. The molecule has 0 bridgehead atoms. The monoisotopic (exact) mass is 322 g/mol. The van der Waals surface area contributed by atoms with E-state index in [9.17, 15) is 4.39 Å². The Kier molecular flexibility index (Phi) is 3.92. The fourth-order valence-electron chi connectivity index (χ4n) is 1.42. The molecule has 2 aromatic rings. The summed E-state index contributed by atoms with van der Waals surface area (Å²) >= 11 is 3.23. The number of methoxy groups -OCH3 is 1. The molecule has 0 radical (unpaired) electrons. The van der Waals surface area contributed by atoms with Gasteiger partial charge in [0.2, 0.25) is 11.8 Å². The van der Waals surface area contributed by atoms with Crippen molar-refractivity contribution in [1.29, 1.82) is 5.26 Å². The first kappa shape index (κ1) is 13.2. The number of halogens is 2. The Labute approximate surface area is 117 Å². The van der Waals surface area contributed by atoms with Crippen molar-refractivity contribution in [2.75, 3.05) is 12.4 Å². The highest BCUT2D eigenvalue weighted by molar-refractivity contribution is 9.10. The Morgan fingerprint density at radius 1 is 1.47 bits per heavy atom. The molecule has 0 unspecified atom stereocenters. The highest BCUT2D eigenvalue weighted by atomic mass is 79.9. The summed E-state index contributed by atoms with van der Waals surface area (Å²) in [5, 5.41) is 11.7. The van der Waals surface area contributed by atoms with E-state index >= 15 is 0 Å². The van der Waals surface area contributed by atoms with Gasteiger partial charge < -0.3 is 10.1 Å². The lowest BCUT2D eigenvalue weighted by molar-refractivity contribution is 0.394. The van der Waals surface area contributed by atoms with Crippen molar-refractivity contribution in [3.63, 3.8) is 0 Å². The molecule has 0 aliphatic heterocycles. The molecule has 7 heteroatoms. The highest BCUT2D eigenvalue weighted by Crippen LogP contribution is 2.25. The van der Waals surface area contributed by atoms with Crippen LogP contribution in [0.3, 0.4) is 0 Å². The molecule has 0 aliphatic carbocycles. The number of ether oxygens (including phenoxy) is 1. The molecule has 1 N–H and O–H groups in total. The zero-order valence-electron chi connectivity index (χ0n) is 9.82. The molecule has 0 amide bonds. The summed E-state index contributed by atoms with van der Waals surface area (Å²) in [6, 6.07) is 6.07. The maximum Gasteiger partial charge on any atom is 0.232 e. The smallest absolute Gasteiger partial charge is 0.232 e. The van der Waals surface area contributed by atoms with E-state index < -0.39 is 5.82 Å². The molecule has 96 valence electrons. The van der Waals surface area contributed by atoms with E-state index in [-0.39, 0.29) is 11.5 Å². The van der Waals surface area contributed by atoms with Gasteiger partial charge in [0, 0.05) is 0 Å². The van der Waals surface area contributed by atoms with Crippen molar-refractivity contribution < 1.29 is 9.13 Å². The minimum atomic E-state index is -0.600. The number of nitrogens with zero attached hydrogens (tertiary/aromatic N) is 3. The van der Waals surface area contributed by atoms with Gasteiger partial charge in [-0.15, -0.1) is 0 Å².